The molecule has 2 heterocycles. The second kappa shape index (κ2) is 9.54. The number of carbonyl (C=O) groups excluding carboxylic acids is 1. The highest BCUT2D eigenvalue weighted by molar-refractivity contribution is 5.65. The van der Waals surface area contributed by atoms with Gasteiger partial charge in [0.05, 0.1) is 13.2 Å². The highest BCUT2D eigenvalue weighted by Crippen LogP contribution is 2.24. The molecular formula is C16H31NO6. The number of rotatable bonds is 5. The molecule has 0 aliphatic carbocycles. The van der Waals surface area contributed by atoms with Gasteiger partial charge in [-0.1, -0.05) is 13.8 Å². The average molecular weight is 333 g/mol. The molecule has 136 valence electrons. The Hall–Kier alpha value is -0.730. The summed E-state index contributed by atoms with van der Waals surface area (Å²) in [5.41, 5.74) is 5.96. The van der Waals surface area contributed by atoms with Crippen molar-refractivity contribution in [1.29, 1.82) is 0 Å². The number of hydrogen-bond donors (Lipinski definition) is 1. The molecule has 2 saturated heterocycles. The average Bonchev–Trinajstić information content (AvgIpc) is 2.86. The van der Waals surface area contributed by atoms with E-state index < -0.39 is 5.79 Å². The van der Waals surface area contributed by atoms with Gasteiger partial charge in [-0.15, -0.1) is 0 Å². The van der Waals surface area contributed by atoms with E-state index in [2.05, 4.69) is 0 Å². The fraction of sp³-hybridized carbons (Fsp3) is 0.938. The Bertz CT molecular complexity index is 362. The number of nitrogens with two attached hydrogens (primary N) is 1. The first-order valence-corrected chi connectivity index (χ1v) is 8.33. The molecule has 7 heteroatoms. The van der Waals surface area contributed by atoms with E-state index in [-0.39, 0.29) is 37.1 Å². The van der Waals surface area contributed by atoms with Gasteiger partial charge in [-0.2, -0.15) is 0 Å². The van der Waals surface area contributed by atoms with Crippen LogP contribution in [0.2, 0.25) is 0 Å². The third-order valence-corrected chi connectivity index (χ3v) is 3.53. The van der Waals surface area contributed by atoms with Crippen molar-refractivity contribution in [2.75, 3.05) is 19.8 Å². The van der Waals surface area contributed by atoms with Crippen LogP contribution in [0.25, 0.3) is 0 Å². The zero-order valence-corrected chi connectivity index (χ0v) is 14.9. The Morgan fingerprint density at radius 3 is 2.52 bits per heavy atom. The van der Waals surface area contributed by atoms with Crippen LogP contribution in [-0.4, -0.2) is 56.1 Å². The van der Waals surface area contributed by atoms with Gasteiger partial charge in [0.2, 0.25) is 0 Å². The third kappa shape index (κ3) is 7.14. The number of esters is 1. The lowest BCUT2D eigenvalue weighted by molar-refractivity contribution is -0.222. The van der Waals surface area contributed by atoms with E-state index in [0.717, 1.165) is 6.42 Å². The Kier molecular flexibility index (Phi) is 8.42. The van der Waals surface area contributed by atoms with Crippen LogP contribution in [0, 0.1) is 0 Å². The zero-order chi connectivity index (χ0) is 17.5. The fourth-order valence-electron chi connectivity index (χ4n) is 2.42. The first-order chi connectivity index (χ1) is 10.9. The molecule has 2 aliphatic rings. The molecule has 0 radical (unpaired) electrons. The van der Waals surface area contributed by atoms with Crippen LogP contribution < -0.4 is 5.73 Å². The predicted octanol–water partition coefficient (Wildman–Crippen LogP) is 1.58. The topological polar surface area (TPSA) is 89.2 Å². The summed E-state index contributed by atoms with van der Waals surface area (Å²) in [6, 6.07) is -0.144. The Labute approximate surface area is 138 Å². The SMILES string of the molecule is CC.CC(=O)OCC1O[C@@H](OCC2COC(C)(C)O2)CCC1N. The Morgan fingerprint density at radius 1 is 1.26 bits per heavy atom. The lowest BCUT2D eigenvalue weighted by atomic mass is 10.0. The summed E-state index contributed by atoms with van der Waals surface area (Å²) in [6.45, 7) is 10.2. The molecule has 0 amide bonds. The smallest absolute Gasteiger partial charge is 0.302 e. The first-order valence-electron chi connectivity index (χ1n) is 8.33. The molecule has 0 aromatic heterocycles. The van der Waals surface area contributed by atoms with E-state index in [1.807, 2.05) is 27.7 Å². The van der Waals surface area contributed by atoms with E-state index >= 15 is 0 Å². The van der Waals surface area contributed by atoms with Crippen LogP contribution in [-0.2, 0) is 28.5 Å². The molecule has 2 aliphatic heterocycles. The van der Waals surface area contributed by atoms with E-state index in [1.54, 1.807) is 0 Å². The minimum absolute atomic E-state index is 0.0916. The Morgan fingerprint density at radius 2 is 1.96 bits per heavy atom. The van der Waals surface area contributed by atoms with Crippen LogP contribution in [0.4, 0.5) is 0 Å². The normalized spacial score (nSPS) is 32.8. The number of carbonyl (C=O) groups is 1. The molecule has 2 fully saturated rings. The maximum Gasteiger partial charge on any atom is 0.302 e. The fourth-order valence-corrected chi connectivity index (χ4v) is 2.42. The van der Waals surface area contributed by atoms with E-state index in [1.165, 1.54) is 6.92 Å². The Balaban J connectivity index is 0.00000127. The molecule has 23 heavy (non-hydrogen) atoms. The molecule has 3 unspecified atom stereocenters. The van der Waals surface area contributed by atoms with Crippen molar-refractivity contribution >= 4 is 5.97 Å². The van der Waals surface area contributed by atoms with Gasteiger partial charge in [-0.3, -0.25) is 4.79 Å². The predicted molar refractivity (Wildman–Crippen MR) is 84.7 cm³/mol. The standard InChI is InChI=1S/C14H25NO6.C2H6/c1-9(16)17-8-12-11(15)4-5-13(20-12)18-6-10-7-19-14(2,3)21-10;1-2/h10-13H,4-8,15H2,1-3H3;1-2H3/t10?,11?,12?,13-;/m1./s1. The van der Waals surface area contributed by atoms with Gasteiger partial charge < -0.3 is 29.4 Å². The summed E-state index contributed by atoms with van der Waals surface area (Å²) >= 11 is 0. The summed E-state index contributed by atoms with van der Waals surface area (Å²) in [4.78, 5) is 10.9. The van der Waals surface area contributed by atoms with Gasteiger partial charge in [-0.05, 0) is 26.7 Å². The molecule has 4 atom stereocenters. The summed E-state index contributed by atoms with van der Waals surface area (Å²) in [5.74, 6) is -0.894. The molecule has 0 spiro atoms. The van der Waals surface area contributed by atoms with E-state index in [4.69, 9.17) is 29.4 Å². The molecule has 0 aromatic rings. The van der Waals surface area contributed by atoms with Crippen molar-refractivity contribution in [3.8, 4) is 0 Å². The molecule has 7 nitrogen and oxygen atoms in total. The highest BCUT2D eigenvalue weighted by Gasteiger charge is 2.35. The summed E-state index contributed by atoms with van der Waals surface area (Å²) < 4.78 is 27.6. The lowest BCUT2D eigenvalue weighted by Gasteiger charge is -2.34. The van der Waals surface area contributed by atoms with Gasteiger partial charge in [0.15, 0.2) is 12.1 Å². The minimum Gasteiger partial charge on any atom is -0.463 e. The molecule has 0 saturated carbocycles. The number of hydrogen-bond acceptors (Lipinski definition) is 7. The quantitative estimate of drug-likeness (QED) is 0.764. The molecule has 0 bridgehead atoms. The molecular weight excluding hydrogens is 302 g/mol. The lowest BCUT2D eigenvalue weighted by Crippen LogP contribution is -2.48. The van der Waals surface area contributed by atoms with Crippen molar-refractivity contribution in [1.82, 2.24) is 0 Å². The minimum atomic E-state index is -0.554. The van der Waals surface area contributed by atoms with Crippen LogP contribution in [0.15, 0.2) is 0 Å². The maximum absolute atomic E-state index is 10.9. The zero-order valence-electron chi connectivity index (χ0n) is 14.9. The first kappa shape index (κ1) is 20.3. The highest BCUT2D eigenvalue weighted by atomic mass is 16.8. The van der Waals surface area contributed by atoms with Crippen LogP contribution in [0.1, 0.15) is 47.5 Å². The van der Waals surface area contributed by atoms with E-state index in [0.29, 0.717) is 19.6 Å². The summed E-state index contributed by atoms with van der Waals surface area (Å²) in [5, 5.41) is 0. The van der Waals surface area contributed by atoms with Crippen LogP contribution >= 0.6 is 0 Å². The van der Waals surface area contributed by atoms with Crippen LogP contribution in [0.3, 0.4) is 0 Å². The molecule has 2 rings (SSSR count). The van der Waals surface area contributed by atoms with Gasteiger partial charge in [0.25, 0.3) is 0 Å². The molecule has 0 aromatic carbocycles. The van der Waals surface area contributed by atoms with Gasteiger partial charge >= 0.3 is 5.97 Å². The largest absolute Gasteiger partial charge is 0.463 e. The van der Waals surface area contributed by atoms with Gasteiger partial charge in [0.1, 0.15) is 18.8 Å². The summed E-state index contributed by atoms with van der Waals surface area (Å²) in [6.07, 6.45) is 0.715. The van der Waals surface area contributed by atoms with Crippen molar-refractivity contribution in [2.24, 2.45) is 5.73 Å². The third-order valence-electron chi connectivity index (χ3n) is 3.53. The van der Waals surface area contributed by atoms with Gasteiger partial charge in [0, 0.05) is 13.0 Å². The van der Waals surface area contributed by atoms with E-state index in [9.17, 15) is 4.79 Å². The van der Waals surface area contributed by atoms with Crippen LogP contribution in [0.5, 0.6) is 0 Å². The second-order valence-corrected chi connectivity index (χ2v) is 5.93. The summed E-state index contributed by atoms with van der Waals surface area (Å²) in [7, 11) is 0. The molecule has 2 N–H and O–H groups in total. The van der Waals surface area contributed by atoms with Crippen molar-refractivity contribution in [2.45, 2.75) is 77.8 Å². The van der Waals surface area contributed by atoms with Crippen molar-refractivity contribution < 1.29 is 28.5 Å². The van der Waals surface area contributed by atoms with Crippen molar-refractivity contribution in [3.63, 3.8) is 0 Å². The van der Waals surface area contributed by atoms with Crippen molar-refractivity contribution in [3.05, 3.63) is 0 Å². The maximum atomic E-state index is 10.9. The monoisotopic (exact) mass is 333 g/mol. The second-order valence-electron chi connectivity index (χ2n) is 5.93. The van der Waals surface area contributed by atoms with Gasteiger partial charge in [-0.25, -0.2) is 0 Å². The number of ether oxygens (including phenoxy) is 5.